The number of carbonyl (C=O) groups is 1. The molecule has 1 aliphatic heterocycles. The minimum atomic E-state index is -1.53. The topological polar surface area (TPSA) is 98.5 Å². The van der Waals surface area contributed by atoms with Gasteiger partial charge in [-0.3, -0.25) is 9.69 Å². The Bertz CT molecular complexity index is 1320. The normalized spacial score (nSPS) is 17.6. The van der Waals surface area contributed by atoms with Crippen molar-refractivity contribution < 1.29 is 37.6 Å². The first-order valence-electron chi connectivity index (χ1n) is 13.8. The minimum absolute atomic E-state index is 0.0309. The van der Waals surface area contributed by atoms with Crippen molar-refractivity contribution in [2.75, 3.05) is 60.2 Å². The van der Waals surface area contributed by atoms with E-state index in [0.717, 1.165) is 42.6 Å². The Balaban J connectivity index is 1.45. The van der Waals surface area contributed by atoms with E-state index in [1.54, 1.807) is 13.3 Å². The summed E-state index contributed by atoms with van der Waals surface area (Å²) in [6, 6.07) is 8.50. The third kappa shape index (κ3) is 8.63. The molecule has 228 valence electrons. The third-order valence-electron chi connectivity index (χ3n) is 7.01. The van der Waals surface area contributed by atoms with Crippen LogP contribution in [0.15, 0.2) is 48.8 Å². The van der Waals surface area contributed by atoms with Gasteiger partial charge in [0.05, 0.1) is 20.3 Å². The highest BCUT2D eigenvalue weighted by Gasteiger charge is 2.37. The molecule has 0 radical (unpaired) electrons. The zero-order valence-electron chi connectivity index (χ0n) is 24.2. The number of amides is 1. The number of rotatable bonds is 13. The number of aromatic nitrogens is 2. The molecule has 1 N–H and O–H groups in total. The average molecular weight is 589 g/mol. The summed E-state index contributed by atoms with van der Waals surface area (Å²) in [4.78, 5) is 20.5. The number of halogens is 2. The number of aliphatic hydroxyl groups is 1. The predicted molar refractivity (Wildman–Crippen MR) is 151 cm³/mol. The second-order valence-electron chi connectivity index (χ2n) is 10.4. The number of imidazole rings is 1. The summed E-state index contributed by atoms with van der Waals surface area (Å²) in [6.07, 6.45) is 4.49. The van der Waals surface area contributed by atoms with Crippen LogP contribution in [0, 0.1) is 18.6 Å². The second-order valence-corrected chi connectivity index (χ2v) is 10.4. The second kappa shape index (κ2) is 14.4. The van der Waals surface area contributed by atoms with E-state index in [2.05, 4.69) is 9.55 Å². The molecule has 2 aromatic carbocycles. The van der Waals surface area contributed by atoms with Gasteiger partial charge in [-0.2, -0.15) is 0 Å². The first-order valence-corrected chi connectivity index (χ1v) is 13.8. The average Bonchev–Trinajstić information content (AvgIpc) is 3.28. The zero-order chi connectivity index (χ0) is 30.1. The maximum atomic E-state index is 13.7. The largest absolute Gasteiger partial charge is 0.493 e. The molecule has 1 aliphatic rings. The molecule has 42 heavy (non-hydrogen) atoms. The first kappa shape index (κ1) is 31.2. The van der Waals surface area contributed by atoms with E-state index in [9.17, 15) is 18.7 Å². The molecule has 0 bridgehead atoms. The quantitative estimate of drug-likeness (QED) is 0.305. The van der Waals surface area contributed by atoms with E-state index in [1.807, 2.05) is 36.2 Å². The van der Waals surface area contributed by atoms with E-state index >= 15 is 0 Å². The lowest BCUT2D eigenvalue weighted by Crippen LogP contribution is -2.52. The molecule has 10 nitrogen and oxygen atoms in total. The summed E-state index contributed by atoms with van der Waals surface area (Å²) >= 11 is 0. The molecule has 3 aromatic rings. The van der Waals surface area contributed by atoms with Crippen LogP contribution < -0.4 is 14.2 Å². The number of aryl methyl sites for hydroxylation is 2. The Morgan fingerprint density at radius 1 is 1.05 bits per heavy atom. The van der Waals surface area contributed by atoms with E-state index in [-0.39, 0.29) is 38.0 Å². The van der Waals surface area contributed by atoms with E-state index < -0.39 is 17.2 Å². The maximum Gasteiger partial charge on any atom is 0.248 e. The summed E-state index contributed by atoms with van der Waals surface area (Å²) < 4.78 is 51.7. The third-order valence-corrected chi connectivity index (χ3v) is 7.01. The molecule has 0 spiro atoms. The van der Waals surface area contributed by atoms with Gasteiger partial charge in [-0.25, -0.2) is 13.8 Å². The van der Waals surface area contributed by atoms with Crippen LogP contribution in [0.5, 0.6) is 17.2 Å². The molecule has 0 saturated carbocycles. The van der Waals surface area contributed by atoms with Crippen molar-refractivity contribution in [1.29, 1.82) is 0 Å². The number of nitrogens with zero attached hydrogens (tertiary/aromatic N) is 4. The van der Waals surface area contributed by atoms with Crippen molar-refractivity contribution in [2.24, 2.45) is 0 Å². The minimum Gasteiger partial charge on any atom is -0.493 e. The van der Waals surface area contributed by atoms with Gasteiger partial charge in [0, 0.05) is 70.4 Å². The highest BCUT2D eigenvalue weighted by Crippen LogP contribution is 2.29. The summed E-state index contributed by atoms with van der Waals surface area (Å²) in [7, 11) is 3.01. The van der Waals surface area contributed by atoms with Crippen molar-refractivity contribution in [3.63, 3.8) is 0 Å². The molecule has 1 saturated heterocycles. The summed E-state index contributed by atoms with van der Waals surface area (Å²) in [5, 5.41) is 11.6. The van der Waals surface area contributed by atoms with Crippen LogP contribution in [0.3, 0.4) is 0 Å². The van der Waals surface area contributed by atoms with Crippen LogP contribution >= 0.6 is 0 Å². The van der Waals surface area contributed by atoms with Crippen molar-refractivity contribution in [2.45, 2.75) is 32.0 Å². The molecule has 4 rings (SSSR count). The van der Waals surface area contributed by atoms with Crippen LogP contribution in [0.2, 0.25) is 0 Å². The van der Waals surface area contributed by atoms with E-state index in [1.165, 1.54) is 12.0 Å². The molecular weight excluding hydrogens is 550 g/mol. The fraction of sp³-hybridized carbons (Fsp3) is 0.467. The molecule has 1 amide bonds. The molecule has 1 fully saturated rings. The summed E-state index contributed by atoms with van der Waals surface area (Å²) in [5.74, 6) is 0.263. The standard InChI is InChI=1S/C30H38F2N4O6/c1-22-33-7-9-35(22)8-4-12-41-28-13-23(5-6-27(28)40-3)17-34-10-11-36(29(37)18-39-2)20-30(38,19-34)21-42-26-15-24(31)14-25(32)16-26/h5-7,9,13-16,38H,4,8,10-12,17-21H2,1-3H3. The van der Waals surface area contributed by atoms with E-state index in [0.29, 0.717) is 37.7 Å². The zero-order valence-corrected chi connectivity index (χ0v) is 24.2. The molecule has 1 aromatic heterocycles. The molecule has 1 unspecified atom stereocenters. The number of carbonyl (C=O) groups excluding carboxylic acids is 1. The Kier molecular flexibility index (Phi) is 10.7. The van der Waals surface area contributed by atoms with Gasteiger partial charge in [-0.15, -0.1) is 0 Å². The van der Waals surface area contributed by atoms with Gasteiger partial charge in [0.15, 0.2) is 11.5 Å². The van der Waals surface area contributed by atoms with E-state index in [4.69, 9.17) is 18.9 Å². The van der Waals surface area contributed by atoms with Crippen LogP contribution in [-0.4, -0.2) is 96.2 Å². The predicted octanol–water partition coefficient (Wildman–Crippen LogP) is 3.05. The van der Waals surface area contributed by atoms with Crippen LogP contribution in [0.1, 0.15) is 17.8 Å². The van der Waals surface area contributed by atoms with Gasteiger partial charge in [0.1, 0.15) is 42.0 Å². The van der Waals surface area contributed by atoms with Crippen molar-refractivity contribution in [3.05, 3.63) is 71.8 Å². The van der Waals surface area contributed by atoms with Crippen LogP contribution in [0.25, 0.3) is 0 Å². The lowest BCUT2D eigenvalue weighted by Gasteiger charge is -2.33. The lowest BCUT2D eigenvalue weighted by atomic mass is 10.0. The van der Waals surface area contributed by atoms with Crippen molar-refractivity contribution in [3.8, 4) is 17.2 Å². The number of ether oxygens (including phenoxy) is 4. The van der Waals surface area contributed by atoms with Gasteiger partial charge in [-0.05, 0) is 31.0 Å². The van der Waals surface area contributed by atoms with Gasteiger partial charge in [0.2, 0.25) is 5.91 Å². The number of β-amino-alcohol motifs (C(OH)–C–C–N with tert-alkyl or cyclic N) is 1. The van der Waals surface area contributed by atoms with Crippen molar-refractivity contribution in [1.82, 2.24) is 19.4 Å². The smallest absolute Gasteiger partial charge is 0.248 e. The van der Waals surface area contributed by atoms with Gasteiger partial charge < -0.3 is 33.5 Å². The SMILES string of the molecule is COCC(=O)N1CCN(Cc2ccc(OC)c(OCCCn3ccnc3C)c2)CC(O)(COc2cc(F)cc(F)c2)C1. The molecule has 12 heteroatoms. The molecular formula is C30H38F2N4O6. The Morgan fingerprint density at radius 3 is 2.52 bits per heavy atom. The maximum absolute atomic E-state index is 13.7. The van der Waals surface area contributed by atoms with Gasteiger partial charge in [-0.1, -0.05) is 6.07 Å². The number of hydrogen-bond donors (Lipinski definition) is 1. The molecule has 1 atom stereocenters. The Morgan fingerprint density at radius 2 is 1.83 bits per heavy atom. The number of hydrogen-bond acceptors (Lipinski definition) is 8. The summed E-state index contributed by atoms with van der Waals surface area (Å²) in [6.45, 7) is 4.19. The fourth-order valence-electron chi connectivity index (χ4n) is 4.97. The first-order chi connectivity index (χ1) is 20.2. The highest BCUT2D eigenvalue weighted by atomic mass is 19.1. The van der Waals surface area contributed by atoms with Crippen LogP contribution in [0.4, 0.5) is 8.78 Å². The Hall–Kier alpha value is -3.74. The number of methoxy groups -OCH3 is 2. The number of benzene rings is 2. The fourth-order valence-corrected chi connectivity index (χ4v) is 4.97. The molecule has 0 aliphatic carbocycles. The van der Waals surface area contributed by atoms with Crippen molar-refractivity contribution >= 4 is 5.91 Å². The monoisotopic (exact) mass is 588 g/mol. The highest BCUT2D eigenvalue weighted by molar-refractivity contribution is 5.77. The summed E-state index contributed by atoms with van der Waals surface area (Å²) in [5.41, 5.74) is -0.608. The van der Waals surface area contributed by atoms with Gasteiger partial charge in [0.25, 0.3) is 0 Å². The lowest BCUT2D eigenvalue weighted by molar-refractivity contribution is -0.138. The Labute approximate surface area is 244 Å². The molecule has 2 heterocycles. The van der Waals surface area contributed by atoms with Crippen LogP contribution in [-0.2, 0) is 22.6 Å². The van der Waals surface area contributed by atoms with Gasteiger partial charge >= 0.3 is 0 Å².